The number of halogens is 10. The highest BCUT2D eigenvalue weighted by Gasteiger charge is 2.26. The Morgan fingerprint density at radius 1 is 0.354 bits per heavy atom. The molecule has 10 rings (SSSR count). The first-order chi connectivity index (χ1) is 53.3. The summed E-state index contributed by atoms with van der Waals surface area (Å²) in [6, 6.07) is 6.62. The summed E-state index contributed by atoms with van der Waals surface area (Å²) in [6.07, 6.45) is 7.21. The van der Waals surface area contributed by atoms with Gasteiger partial charge in [-0.25, -0.2) is 24.9 Å². The first-order valence-corrected chi connectivity index (χ1v) is 41.2. The van der Waals surface area contributed by atoms with Crippen LogP contribution in [0, 0.1) is 0 Å². The van der Waals surface area contributed by atoms with Gasteiger partial charge in [-0.15, -0.1) is 0 Å². The normalized spacial score (nSPS) is 11.6. The lowest BCUT2D eigenvalue weighted by Gasteiger charge is -2.24. The summed E-state index contributed by atoms with van der Waals surface area (Å²) in [5, 5.41) is 59.4. The van der Waals surface area contributed by atoms with Gasteiger partial charge in [0.25, 0.3) is 27.8 Å². The molecule has 0 amide bonds. The second-order valence-electron chi connectivity index (χ2n) is 27.8. The van der Waals surface area contributed by atoms with Crippen molar-refractivity contribution < 1.29 is 25.5 Å². The molecule has 0 aliphatic rings. The van der Waals surface area contributed by atoms with Crippen molar-refractivity contribution in [1.82, 2.24) is 73.1 Å². The maximum absolute atomic E-state index is 13.0. The number of fused-ring (bicyclic) bond motifs is 5. The van der Waals surface area contributed by atoms with Crippen LogP contribution in [-0.2, 0) is 46.8 Å². The molecule has 0 aliphatic carbocycles. The molecule has 0 unspecified atom stereocenters. The molecule has 0 aliphatic heterocycles. The molecule has 35 heteroatoms. The zero-order chi connectivity index (χ0) is 84.5. The minimum Gasteiger partial charge on any atom is -0.504 e. The highest BCUT2D eigenvalue weighted by atomic mass is 35.5. The number of phenolic OH excluding ortho intramolecular Hbond substituents is 5. The molecule has 0 radical (unpaired) electrons. The fourth-order valence-corrected chi connectivity index (χ4v) is 15.3. The standard InChI is InChI=1S/C18H25Cl2N3O2.C16H21Cl2N3O2.2C15H19Cl2N3O2.C14H17Cl2N3O2/c1-5-7-22(8-6-2)10-14-21-16-15(18(25)23(14)11(3)4)12(19)9-13(20)17(16)24;1-4-6-21(7-5-2)9-12-19-14-13(16(23)20(12)3)10(17)8-11(18)15(14)22;1-4-5-18-7-11-19-13-12(15(22)20(11)8(2)3)9(16)6-10(17)14(13)21;1-4-5-6-19(2)8-11-18-13-12(15(22)20(11)3)9(16)7-10(17)14(13)21;1-4-17-6-10-18-12-11(14(21)19(10)7(2)3)8(15)5-9(16)13(12)20/h9,11,24H,5-8,10H2,1-4H3;8,22H,4-7,9H2,1-3H3;6,8,18,21H,4-5,7H2,1-3H3;7,21H,4-6,8H2,1-3H3;5,7,17,20H,4,6H2,1-3H3. The molecule has 25 nitrogen and oxygen atoms in total. The Labute approximate surface area is 706 Å². The molecule has 0 saturated carbocycles. The van der Waals surface area contributed by atoms with Crippen LogP contribution >= 0.6 is 116 Å². The molecule has 10 aromatic rings. The third-order valence-corrected chi connectivity index (χ3v) is 21.0. The van der Waals surface area contributed by atoms with Crippen LogP contribution in [0.3, 0.4) is 0 Å². The number of phenols is 5. The molecule has 5 heterocycles. The van der Waals surface area contributed by atoms with Crippen molar-refractivity contribution >= 4 is 171 Å². The van der Waals surface area contributed by atoms with Crippen LogP contribution in [0.2, 0.25) is 50.2 Å². The minimum absolute atomic E-state index is 0.0709. The lowest BCUT2D eigenvalue weighted by atomic mass is 10.2. The van der Waals surface area contributed by atoms with E-state index in [1.807, 2.05) is 55.5 Å². The summed E-state index contributed by atoms with van der Waals surface area (Å²) in [5.74, 6) is 1.79. The van der Waals surface area contributed by atoms with Crippen molar-refractivity contribution in [2.75, 3.05) is 52.9 Å². The molecule has 7 N–H and O–H groups in total. The summed E-state index contributed by atoms with van der Waals surface area (Å²) >= 11 is 60.4. The van der Waals surface area contributed by atoms with Crippen molar-refractivity contribution in [3.8, 4) is 28.7 Å². The van der Waals surface area contributed by atoms with Crippen LogP contribution in [-0.4, -0.2) is 141 Å². The molecular weight excluding hydrogens is 1660 g/mol. The van der Waals surface area contributed by atoms with Gasteiger partial charge in [0, 0.05) is 32.2 Å². The summed E-state index contributed by atoms with van der Waals surface area (Å²) in [4.78, 5) is 92.4. The van der Waals surface area contributed by atoms with Gasteiger partial charge in [0.15, 0.2) is 28.7 Å². The Balaban J connectivity index is 0.000000220. The van der Waals surface area contributed by atoms with Crippen molar-refractivity contribution in [1.29, 1.82) is 0 Å². The number of nitrogens with one attached hydrogen (secondary N) is 2. The van der Waals surface area contributed by atoms with Crippen molar-refractivity contribution in [2.45, 2.75) is 186 Å². The van der Waals surface area contributed by atoms with Crippen molar-refractivity contribution in [3.05, 3.63) is 161 Å². The average molecular weight is 1760 g/mol. The third kappa shape index (κ3) is 22.8. The van der Waals surface area contributed by atoms with Crippen LogP contribution in [0.15, 0.2) is 54.3 Å². The number of hydrogen-bond donors (Lipinski definition) is 7. The van der Waals surface area contributed by atoms with E-state index in [-0.39, 0.29) is 179 Å². The van der Waals surface area contributed by atoms with Gasteiger partial charge in [0.2, 0.25) is 0 Å². The highest BCUT2D eigenvalue weighted by molar-refractivity contribution is 6.42. The van der Waals surface area contributed by atoms with E-state index in [1.54, 1.807) is 27.8 Å². The van der Waals surface area contributed by atoms with Gasteiger partial charge < -0.3 is 36.2 Å². The van der Waals surface area contributed by atoms with E-state index in [1.165, 1.54) is 39.5 Å². The molecule has 0 atom stereocenters. The predicted molar refractivity (Wildman–Crippen MR) is 464 cm³/mol. The predicted octanol–water partition coefficient (Wildman–Crippen LogP) is 17.9. The monoisotopic (exact) mass is 1760 g/mol. The van der Waals surface area contributed by atoms with Crippen LogP contribution in [0.25, 0.3) is 54.5 Å². The molecule has 0 bridgehead atoms. The van der Waals surface area contributed by atoms with Crippen LogP contribution in [0.5, 0.6) is 28.7 Å². The Morgan fingerprint density at radius 3 is 0.903 bits per heavy atom. The number of hydrogen-bond acceptors (Lipinski definition) is 20. The number of aromatic hydroxyl groups is 5. The van der Waals surface area contributed by atoms with Crippen LogP contribution in [0.4, 0.5) is 0 Å². The fraction of sp³-hybridized carbons (Fsp3) is 0.487. The quantitative estimate of drug-likeness (QED) is 0.0235. The maximum atomic E-state index is 13.0. The lowest BCUT2D eigenvalue weighted by Crippen LogP contribution is -2.33. The van der Waals surface area contributed by atoms with Gasteiger partial charge in [-0.3, -0.25) is 61.5 Å². The highest BCUT2D eigenvalue weighted by Crippen LogP contribution is 2.40. The molecule has 0 spiro atoms. The van der Waals surface area contributed by atoms with Crippen molar-refractivity contribution in [2.24, 2.45) is 14.1 Å². The number of rotatable bonds is 27. The molecular formula is C78H101Cl10N15O10. The average Bonchev–Trinajstić information content (AvgIpc) is 0.827. The SMILES string of the molecule is CCCCN(C)Cc1nc2c(O)c(Cl)cc(Cl)c2c(=O)n1C.CCCN(CCC)Cc1nc2c(O)c(Cl)cc(Cl)c2c(=O)n1C.CCCN(CCC)Cc1nc2c(O)c(Cl)cc(Cl)c2c(=O)n1C(C)C.CCCNCc1nc2c(O)c(Cl)cc(Cl)c2c(=O)n1C(C)C.CCNCc1nc2c(O)c(Cl)cc(Cl)c2c(=O)n1C(C)C. The largest absolute Gasteiger partial charge is 0.504 e. The number of nitrogens with zero attached hydrogens (tertiary/aromatic N) is 13. The summed E-state index contributed by atoms with van der Waals surface area (Å²) in [7, 11) is 5.29. The number of unbranched alkanes of at least 4 members (excludes halogenated alkanes) is 1. The van der Waals surface area contributed by atoms with E-state index < -0.39 is 0 Å². The molecule has 113 heavy (non-hydrogen) atoms. The van der Waals surface area contributed by atoms with Gasteiger partial charge in [-0.1, -0.05) is 171 Å². The first-order valence-electron chi connectivity index (χ1n) is 37.4. The molecule has 0 fully saturated rings. The second-order valence-corrected chi connectivity index (χ2v) is 31.9. The summed E-state index contributed by atoms with van der Waals surface area (Å²) in [5.41, 5.74) is -0.605. The van der Waals surface area contributed by atoms with Gasteiger partial charge >= 0.3 is 0 Å². The third-order valence-electron chi connectivity index (χ3n) is 18.0. The van der Waals surface area contributed by atoms with Crippen molar-refractivity contribution in [3.63, 3.8) is 0 Å². The summed E-state index contributed by atoms with van der Waals surface area (Å²) < 4.78 is 7.76. The fourth-order valence-electron chi connectivity index (χ4n) is 12.6. The smallest absolute Gasteiger partial charge is 0.263 e. The van der Waals surface area contributed by atoms with Gasteiger partial charge in [0.05, 0.1) is 110 Å². The molecule has 5 aromatic heterocycles. The Kier molecular flexibility index (Phi) is 36.8. The van der Waals surface area contributed by atoms with E-state index in [2.05, 4.69) is 91.8 Å². The first kappa shape index (κ1) is 95.3. The van der Waals surface area contributed by atoms with Crippen LogP contribution < -0.4 is 38.4 Å². The molecule has 618 valence electrons. The maximum Gasteiger partial charge on any atom is 0.263 e. The molecule has 5 aromatic carbocycles. The number of benzene rings is 5. The van der Waals surface area contributed by atoms with Gasteiger partial charge in [0.1, 0.15) is 56.7 Å². The Hall–Kier alpha value is -6.50. The Bertz CT molecular complexity index is 5360. The zero-order valence-corrected chi connectivity index (χ0v) is 74.0. The summed E-state index contributed by atoms with van der Waals surface area (Å²) in [6.45, 7) is 34.7. The molecule has 0 saturated heterocycles. The minimum atomic E-state index is -0.291. The Morgan fingerprint density at radius 2 is 0.619 bits per heavy atom. The lowest BCUT2D eigenvalue weighted by molar-refractivity contribution is 0.252. The number of aromatic nitrogens is 10. The van der Waals surface area contributed by atoms with Gasteiger partial charge in [-0.2, -0.15) is 0 Å². The zero-order valence-electron chi connectivity index (χ0n) is 66.4. The van der Waals surface area contributed by atoms with E-state index >= 15 is 0 Å². The van der Waals surface area contributed by atoms with Crippen LogP contribution in [0.1, 0.15) is 182 Å². The second kappa shape index (κ2) is 43.6. The van der Waals surface area contributed by atoms with E-state index in [0.29, 0.717) is 61.8 Å². The van der Waals surface area contributed by atoms with E-state index in [4.69, 9.17) is 116 Å². The van der Waals surface area contributed by atoms with E-state index in [0.717, 1.165) is 90.8 Å². The van der Waals surface area contributed by atoms with E-state index in [9.17, 15) is 49.5 Å². The topological polar surface area (TPSA) is 309 Å². The van der Waals surface area contributed by atoms with Gasteiger partial charge in [-0.05, 0) is 163 Å².